The second-order valence-corrected chi connectivity index (χ2v) is 4.67. The zero-order valence-corrected chi connectivity index (χ0v) is 11.2. The largest absolute Gasteiger partial charge is 0.508 e. The highest BCUT2D eigenvalue weighted by Crippen LogP contribution is 2.21. The summed E-state index contributed by atoms with van der Waals surface area (Å²) in [5.74, 6) is -0.280. The van der Waals surface area contributed by atoms with Crippen molar-refractivity contribution < 1.29 is 9.50 Å². The normalized spacial score (nSPS) is 10.5. The summed E-state index contributed by atoms with van der Waals surface area (Å²) in [6.07, 6.45) is 3.39. The molecule has 0 spiro atoms. The Labute approximate surface area is 121 Å². The van der Waals surface area contributed by atoms with Gasteiger partial charge in [0, 0.05) is 17.8 Å². The van der Waals surface area contributed by atoms with Crippen molar-refractivity contribution >= 4 is 5.69 Å². The number of nitrogens with one attached hydrogen (secondary N) is 2. The van der Waals surface area contributed by atoms with Crippen molar-refractivity contribution in [2.45, 2.75) is 6.54 Å². The molecule has 0 atom stereocenters. The highest BCUT2D eigenvalue weighted by atomic mass is 19.1. The van der Waals surface area contributed by atoms with Crippen LogP contribution in [0.5, 0.6) is 5.75 Å². The first kappa shape index (κ1) is 13.2. The molecule has 0 aliphatic rings. The van der Waals surface area contributed by atoms with Crippen molar-refractivity contribution in [3.8, 4) is 17.0 Å². The quantitative estimate of drug-likeness (QED) is 0.686. The minimum Gasteiger partial charge on any atom is -0.508 e. The van der Waals surface area contributed by atoms with Crippen molar-refractivity contribution in [2.75, 3.05) is 5.32 Å². The SMILES string of the molecule is Oc1ccc(F)cc1CNc1ccc(-c2cnc[nH]2)cc1. The number of hydrogen-bond acceptors (Lipinski definition) is 3. The van der Waals surface area contributed by atoms with Gasteiger partial charge in [-0.25, -0.2) is 9.37 Å². The van der Waals surface area contributed by atoms with Gasteiger partial charge in [-0.15, -0.1) is 0 Å². The number of anilines is 1. The van der Waals surface area contributed by atoms with Crippen LogP contribution >= 0.6 is 0 Å². The Kier molecular flexibility index (Phi) is 3.55. The van der Waals surface area contributed by atoms with Gasteiger partial charge in [-0.3, -0.25) is 0 Å². The number of phenolic OH excluding ortho intramolecular Hbond substituents is 1. The van der Waals surface area contributed by atoms with Gasteiger partial charge in [0.25, 0.3) is 0 Å². The third kappa shape index (κ3) is 3.02. The van der Waals surface area contributed by atoms with Gasteiger partial charge < -0.3 is 15.4 Å². The van der Waals surface area contributed by atoms with Crippen molar-refractivity contribution in [2.24, 2.45) is 0 Å². The van der Waals surface area contributed by atoms with Crippen LogP contribution in [0.25, 0.3) is 11.3 Å². The molecule has 0 bridgehead atoms. The standard InChI is InChI=1S/C16H14FN3O/c17-13-3-6-16(21)12(7-13)8-19-14-4-1-11(2-5-14)15-9-18-10-20-15/h1-7,9-10,19,21H,8H2,(H,18,20). The third-order valence-electron chi connectivity index (χ3n) is 3.22. The maximum Gasteiger partial charge on any atom is 0.123 e. The molecule has 4 nitrogen and oxygen atoms in total. The molecule has 21 heavy (non-hydrogen) atoms. The molecule has 3 aromatic rings. The summed E-state index contributed by atoms with van der Waals surface area (Å²) in [7, 11) is 0. The number of halogens is 1. The number of rotatable bonds is 4. The number of aromatic nitrogens is 2. The van der Waals surface area contributed by atoms with E-state index in [2.05, 4.69) is 15.3 Å². The molecule has 1 aromatic heterocycles. The number of H-pyrrole nitrogens is 1. The molecule has 0 saturated heterocycles. The molecule has 106 valence electrons. The third-order valence-corrected chi connectivity index (χ3v) is 3.22. The van der Waals surface area contributed by atoms with Crippen LogP contribution in [-0.4, -0.2) is 15.1 Å². The molecule has 0 radical (unpaired) electrons. The topological polar surface area (TPSA) is 60.9 Å². The van der Waals surface area contributed by atoms with Crippen LogP contribution in [0.15, 0.2) is 55.0 Å². The van der Waals surface area contributed by atoms with Crippen molar-refractivity contribution in [1.29, 1.82) is 0 Å². The van der Waals surface area contributed by atoms with Crippen LogP contribution in [0, 0.1) is 5.82 Å². The molecule has 5 heteroatoms. The second kappa shape index (κ2) is 5.66. The van der Waals surface area contributed by atoms with E-state index in [1.54, 1.807) is 12.5 Å². The maximum atomic E-state index is 13.1. The summed E-state index contributed by atoms with van der Waals surface area (Å²) in [5, 5.41) is 12.8. The molecule has 0 amide bonds. The van der Waals surface area contributed by atoms with E-state index >= 15 is 0 Å². The van der Waals surface area contributed by atoms with E-state index in [0.717, 1.165) is 16.9 Å². The van der Waals surface area contributed by atoms with Crippen LogP contribution in [0.1, 0.15) is 5.56 Å². The fourth-order valence-corrected chi connectivity index (χ4v) is 2.07. The number of benzene rings is 2. The molecular weight excluding hydrogens is 269 g/mol. The summed E-state index contributed by atoms with van der Waals surface area (Å²) in [6.45, 7) is 0.354. The molecule has 0 saturated carbocycles. The smallest absolute Gasteiger partial charge is 0.123 e. The Morgan fingerprint density at radius 2 is 1.95 bits per heavy atom. The zero-order valence-electron chi connectivity index (χ0n) is 11.2. The fraction of sp³-hybridized carbons (Fsp3) is 0.0625. The van der Waals surface area contributed by atoms with Gasteiger partial charge in [0.05, 0.1) is 18.2 Å². The van der Waals surface area contributed by atoms with Crippen LogP contribution < -0.4 is 5.32 Å². The molecule has 0 aliphatic carbocycles. The van der Waals surface area contributed by atoms with Crippen LogP contribution in [-0.2, 0) is 6.54 Å². The Hall–Kier alpha value is -2.82. The Bertz CT molecular complexity index is 724. The lowest BCUT2D eigenvalue weighted by molar-refractivity contribution is 0.466. The van der Waals surface area contributed by atoms with E-state index in [9.17, 15) is 9.50 Å². The summed E-state index contributed by atoms with van der Waals surface area (Å²) in [5.41, 5.74) is 3.39. The van der Waals surface area contributed by atoms with Gasteiger partial charge >= 0.3 is 0 Å². The van der Waals surface area contributed by atoms with E-state index in [1.165, 1.54) is 18.2 Å². The average Bonchev–Trinajstić information content (AvgIpc) is 3.03. The van der Waals surface area contributed by atoms with E-state index < -0.39 is 0 Å². The van der Waals surface area contributed by atoms with Gasteiger partial charge in [0.15, 0.2) is 0 Å². The molecule has 3 N–H and O–H groups in total. The number of aromatic amines is 1. The molecule has 0 aliphatic heterocycles. The van der Waals surface area contributed by atoms with Gasteiger partial charge in [0.1, 0.15) is 11.6 Å². The minimum absolute atomic E-state index is 0.0815. The van der Waals surface area contributed by atoms with Gasteiger partial charge in [-0.2, -0.15) is 0 Å². The molecule has 1 heterocycles. The number of hydrogen-bond donors (Lipinski definition) is 3. The average molecular weight is 283 g/mol. The highest BCUT2D eigenvalue weighted by molar-refractivity contribution is 5.62. The van der Waals surface area contributed by atoms with Gasteiger partial charge in [-0.1, -0.05) is 12.1 Å². The molecular formula is C16H14FN3O. The zero-order chi connectivity index (χ0) is 14.7. The minimum atomic E-state index is -0.362. The predicted molar refractivity (Wildman–Crippen MR) is 79.4 cm³/mol. The highest BCUT2D eigenvalue weighted by Gasteiger charge is 2.03. The number of nitrogens with zero attached hydrogens (tertiary/aromatic N) is 1. The summed E-state index contributed by atoms with van der Waals surface area (Å²) < 4.78 is 13.1. The van der Waals surface area contributed by atoms with Crippen LogP contribution in [0.3, 0.4) is 0 Å². The lowest BCUT2D eigenvalue weighted by Crippen LogP contribution is -2.00. The van der Waals surface area contributed by atoms with Crippen molar-refractivity contribution in [1.82, 2.24) is 9.97 Å². The van der Waals surface area contributed by atoms with E-state index in [1.807, 2.05) is 24.3 Å². The maximum absolute atomic E-state index is 13.1. The van der Waals surface area contributed by atoms with Crippen LogP contribution in [0.4, 0.5) is 10.1 Å². The summed E-state index contributed by atoms with van der Waals surface area (Å²) in [6, 6.07) is 11.7. The Morgan fingerprint density at radius 1 is 1.14 bits per heavy atom. The predicted octanol–water partition coefficient (Wildman–Crippen LogP) is 3.53. The first-order valence-electron chi connectivity index (χ1n) is 6.52. The fourth-order valence-electron chi connectivity index (χ4n) is 2.07. The summed E-state index contributed by atoms with van der Waals surface area (Å²) in [4.78, 5) is 7.02. The first-order valence-corrected chi connectivity index (χ1v) is 6.52. The molecule has 3 rings (SSSR count). The van der Waals surface area contributed by atoms with Crippen LogP contribution in [0.2, 0.25) is 0 Å². The van der Waals surface area contributed by atoms with Gasteiger partial charge in [0.2, 0.25) is 0 Å². The Balaban J connectivity index is 1.70. The van der Waals surface area contributed by atoms with Gasteiger partial charge in [-0.05, 0) is 35.9 Å². The van der Waals surface area contributed by atoms with E-state index in [4.69, 9.17) is 0 Å². The number of imidazole rings is 1. The Morgan fingerprint density at radius 3 is 2.67 bits per heavy atom. The summed E-state index contributed by atoms with van der Waals surface area (Å²) >= 11 is 0. The van der Waals surface area contributed by atoms with E-state index in [-0.39, 0.29) is 11.6 Å². The lowest BCUT2D eigenvalue weighted by atomic mass is 10.1. The lowest BCUT2D eigenvalue weighted by Gasteiger charge is -2.09. The van der Waals surface area contributed by atoms with Crippen molar-refractivity contribution in [3.63, 3.8) is 0 Å². The monoisotopic (exact) mass is 283 g/mol. The van der Waals surface area contributed by atoms with Crippen molar-refractivity contribution in [3.05, 3.63) is 66.4 Å². The first-order chi connectivity index (χ1) is 10.2. The molecule has 2 aromatic carbocycles. The molecule has 0 unspecified atom stereocenters. The number of aromatic hydroxyl groups is 1. The number of phenols is 1. The second-order valence-electron chi connectivity index (χ2n) is 4.67. The molecule has 0 fully saturated rings. The van der Waals surface area contributed by atoms with E-state index in [0.29, 0.717) is 12.1 Å².